The van der Waals surface area contributed by atoms with Crippen molar-refractivity contribution in [1.82, 2.24) is 14.7 Å². The first-order valence-corrected chi connectivity index (χ1v) is 15.1. The van der Waals surface area contributed by atoms with E-state index in [-0.39, 0.29) is 27.9 Å². The van der Waals surface area contributed by atoms with Crippen LogP contribution >= 0.6 is 0 Å². The zero-order valence-electron chi connectivity index (χ0n) is 22.8. The van der Waals surface area contributed by atoms with E-state index in [9.17, 15) is 18.0 Å². The van der Waals surface area contributed by atoms with Crippen LogP contribution in [0, 0.1) is 0 Å². The quantitative estimate of drug-likeness (QED) is 0.444. The number of hydrogen-bond acceptors (Lipinski definition) is 6. The molecule has 1 fully saturated rings. The molecule has 2 amide bonds. The van der Waals surface area contributed by atoms with Gasteiger partial charge in [0.2, 0.25) is 5.91 Å². The number of methoxy groups -OCH3 is 1. The first kappa shape index (κ1) is 26.9. The fourth-order valence-corrected chi connectivity index (χ4v) is 6.35. The Morgan fingerprint density at radius 2 is 1.59 bits per heavy atom. The molecule has 0 spiro atoms. The summed E-state index contributed by atoms with van der Waals surface area (Å²) >= 11 is 0. The van der Waals surface area contributed by atoms with Crippen molar-refractivity contribution in [3.05, 3.63) is 65.4 Å². The van der Waals surface area contributed by atoms with Crippen LogP contribution in [-0.2, 0) is 26.5 Å². The van der Waals surface area contributed by atoms with Crippen LogP contribution < -0.4 is 9.64 Å². The maximum atomic E-state index is 13.9. The Morgan fingerprint density at radius 1 is 0.923 bits per heavy atom. The minimum Gasteiger partial charge on any atom is -0.497 e. The van der Waals surface area contributed by atoms with Crippen molar-refractivity contribution in [1.29, 1.82) is 0 Å². The number of benzene rings is 2. The van der Waals surface area contributed by atoms with Crippen LogP contribution in [0.15, 0.2) is 53.6 Å². The molecule has 9 nitrogen and oxygen atoms in total. The summed E-state index contributed by atoms with van der Waals surface area (Å²) in [5, 5.41) is 4.32. The third-order valence-electron chi connectivity index (χ3n) is 7.62. The van der Waals surface area contributed by atoms with Gasteiger partial charge in [0.1, 0.15) is 11.4 Å². The van der Waals surface area contributed by atoms with E-state index < -0.39 is 9.84 Å². The molecule has 3 aromatic rings. The lowest BCUT2D eigenvalue weighted by molar-refractivity contribution is -0.134. The second-order valence-electron chi connectivity index (χ2n) is 10.9. The van der Waals surface area contributed by atoms with Crippen molar-refractivity contribution in [3.8, 4) is 11.4 Å². The zero-order valence-corrected chi connectivity index (χ0v) is 23.6. The van der Waals surface area contributed by atoms with Gasteiger partial charge in [-0.2, -0.15) is 5.10 Å². The van der Waals surface area contributed by atoms with Crippen LogP contribution in [-0.4, -0.2) is 67.9 Å². The van der Waals surface area contributed by atoms with Crippen molar-refractivity contribution in [3.63, 3.8) is 0 Å². The van der Waals surface area contributed by atoms with Gasteiger partial charge in [-0.3, -0.25) is 9.59 Å². The van der Waals surface area contributed by atoms with Crippen molar-refractivity contribution < 1.29 is 22.7 Å². The molecule has 0 bridgehead atoms. The maximum Gasteiger partial charge on any atom is 0.277 e. The number of nitrogens with zero attached hydrogens (tertiary/aromatic N) is 4. The van der Waals surface area contributed by atoms with Gasteiger partial charge in [0.15, 0.2) is 14.9 Å². The average Bonchev–Trinajstić information content (AvgIpc) is 3.32. The molecule has 0 radical (unpaired) electrons. The lowest BCUT2D eigenvalue weighted by Gasteiger charge is -2.35. The average molecular weight is 551 g/mol. The maximum absolute atomic E-state index is 13.9. The van der Waals surface area contributed by atoms with E-state index in [2.05, 4.69) is 18.9 Å². The summed E-state index contributed by atoms with van der Waals surface area (Å²) in [4.78, 5) is 29.8. The largest absolute Gasteiger partial charge is 0.497 e. The van der Waals surface area contributed by atoms with E-state index in [1.807, 2.05) is 29.2 Å². The summed E-state index contributed by atoms with van der Waals surface area (Å²) in [7, 11) is -2.08. The van der Waals surface area contributed by atoms with Gasteiger partial charge in [0.05, 0.1) is 12.8 Å². The molecule has 2 aliphatic rings. The minimum absolute atomic E-state index is 0.0642. The van der Waals surface area contributed by atoms with Gasteiger partial charge >= 0.3 is 0 Å². The molecular weight excluding hydrogens is 516 g/mol. The predicted octanol–water partition coefficient (Wildman–Crippen LogP) is 3.78. The van der Waals surface area contributed by atoms with Gasteiger partial charge in [-0.05, 0) is 61.2 Å². The van der Waals surface area contributed by atoms with Crippen LogP contribution in [0.2, 0.25) is 0 Å². The highest BCUT2D eigenvalue weighted by Crippen LogP contribution is 2.33. The molecule has 0 N–H and O–H groups in total. The number of likely N-dealkylation sites (tertiary alicyclic amines) is 1. The summed E-state index contributed by atoms with van der Waals surface area (Å²) in [6, 6.07) is 14.8. The van der Waals surface area contributed by atoms with E-state index in [0.29, 0.717) is 42.9 Å². The van der Waals surface area contributed by atoms with Gasteiger partial charge < -0.3 is 14.5 Å². The van der Waals surface area contributed by atoms with Gasteiger partial charge in [-0.25, -0.2) is 13.1 Å². The molecule has 5 rings (SSSR count). The summed E-state index contributed by atoms with van der Waals surface area (Å²) < 4.78 is 31.8. The van der Waals surface area contributed by atoms with E-state index in [1.165, 1.54) is 4.68 Å². The fourth-order valence-electron chi connectivity index (χ4n) is 5.47. The van der Waals surface area contributed by atoms with Crippen LogP contribution in [0.25, 0.3) is 5.69 Å². The number of rotatable bonds is 7. The molecule has 1 aromatic heterocycles. The fraction of sp³-hybridized carbons (Fsp3) is 0.414. The van der Waals surface area contributed by atoms with E-state index in [4.69, 9.17) is 4.74 Å². The highest BCUT2D eigenvalue weighted by molar-refractivity contribution is 7.90. The van der Waals surface area contributed by atoms with Crippen molar-refractivity contribution in [2.45, 2.75) is 50.0 Å². The van der Waals surface area contributed by atoms with E-state index in [1.54, 1.807) is 36.3 Å². The molecule has 3 heterocycles. The zero-order chi connectivity index (χ0) is 27.9. The molecule has 0 aliphatic carbocycles. The van der Waals surface area contributed by atoms with Crippen molar-refractivity contribution in [2.75, 3.05) is 37.9 Å². The Kier molecular flexibility index (Phi) is 7.00. The number of carbonyl (C=O) groups excluding carboxylic acids is 2. The van der Waals surface area contributed by atoms with E-state index >= 15 is 0 Å². The molecule has 10 heteroatoms. The molecule has 206 valence electrons. The van der Waals surface area contributed by atoms with Crippen LogP contribution in [0.5, 0.6) is 5.75 Å². The number of aromatic nitrogens is 2. The summed E-state index contributed by atoms with van der Waals surface area (Å²) in [6.45, 7) is 6.03. The Bertz CT molecular complexity index is 1510. The normalized spacial score (nSPS) is 16.4. The lowest BCUT2D eigenvalue weighted by atomic mass is 9.83. The Morgan fingerprint density at radius 3 is 2.21 bits per heavy atom. The topological polar surface area (TPSA) is 102 Å². The summed E-state index contributed by atoms with van der Waals surface area (Å²) in [5.41, 5.74) is 2.82. The van der Waals surface area contributed by atoms with Gasteiger partial charge in [-0.1, -0.05) is 26.0 Å². The molecule has 0 saturated carbocycles. The standard InChI is InChI=1S/C29H34N4O5S/c1-29(2,19-31-17-6-5-7-25(31)34)20-8-10-21(11-9-20)32-18-16-24-26(28(32)35)33(30-27(24)39(4,36)37)22-12-14-23(38-3)15-13-22/h8-15H,5-7,16-19H2,1-4H3. The van der Waals surface area contributed by atoms with Crippen molar-refractivity contribution in [2.24, 2.45) is 0 Å². The Labute approximate surface area is 229 Å². The lowest BCUT2D eigenvalue weighted by Crippen LogP contribution is -2.43. The highest BCUT2D eigenvalue weighted by atomic mass is 32.2. The molecular formula is C29H34N4O5S. The second kappa shape index (κ2) is 10.1. The Balaban J connectivity index is 1.45. The van der Waals surface area contributed by atoms with Crippen LogP contribution in [0.1, 0.15) is 54.7 Å². The first-order chi connectivity index (χ1) is 18.5. The second-order valence-corrected chi connectivity index (χ2v) is 12.9. The number of fused-ring (bicyclic) bond motifs is 1. The number of ether oxygens (including phenoxy) is 1. The Hall–Kier alpha value is -3.66. The van der Waals surface area contributed by atoms with Gasteiger partial charge in [0, 0.05) is 49.0 Å². The number of anilines is 1. The first-order valence-electron chi connectivity index (χ1n) is 13.2. The van der Waals surface area contributed by atoms with Gasteiger partial charge in [0.25, 0.3) is 5.91 Å². The molecule has 0 atom stereocenters. The molecule has 1 saturated heterocycles. The number of sulfone groups is 1. The minimum atomic E-state index is -3.64. The number of hydrogen-bond donors (Lipinski definition) is 0. The monoisotopic (exact) mass is 550 g/mol. The molecule has 0 unspecified atom stereocenters. The summed E-state index contributed by atoms with van der Waals surface area (Å²) in [5.74, 6) is 0.548. The molecule has 2 aliphatic heterocycles. The molecule has 2 aromatic carbocycles. The third-order valence-corrected chi connectivity index (χ3v) is 8.65. The third kappa shape index (κ3) is 5.17. The van der Waals surface area contributed by atoms with Crippen LogP contribution in [0.3, 0.4) is 0 Å². The smallest absolute Gasteiger partial charge is 0.277 e. The number of carbonyl (C=O) groups is 2. The number of piperidine rings is 1. The van der Waals surface area contributed by atoms with Crippen molar-refractivity contribution >= 4 is 27.3 Å². The van der Waals surface area contributed by atoms with Gasteiger partial charge in [-0.15, -0.1) is 0 Å². The predicted molar refractivity (Wildman–Crippen MR) is 149 cm³/mol. The highest BCUT2D eigenvalue weighted by Gasteiger charge is 2.36. The number of amides is 2. The summed E-state index contributed by atoms with van der Waals surface area (Å²) in [6.07, 6.45) is 4.09. The SMILES string of the molecule is COc1ccc(-n2nc(S(C)(=O)=O)c3c2C(=O)N(c2ccc(C(C)(C)CN4CCCCC4=O)cc2)CC3)cc1. The molecule has 39 heavy (non-hydrogen) atoms. The van der Waals surface area contributed by atoms with E-state index in [0.717, 1.165) is 36.9 Å². The van der Waals surface area contributed by atoms with Crippen LogP contribution in [0.4, 0.5) is 5.69 Å².